The zero-order chi connectivity index (χ0) is 16.4. The van der Waals surface area contributed by atoms with Gasteiger partial charge in [-0.25, -0.2) is 9.78 Å². The maximum atomic E-state index is 12.8. The predicted molar refractivity (Wildman–Crippen MR) is 85.7 cm³/mol. The van der Waals surface area contributed by atoms with Gasteiger partial charge in [0.05, 0.1) is 17.5 Å². The van der Waals surface area contributed by atoms with Crippen LogP contribution in [0, 0.1) is 6.92 Å². The van der Waals surface area contributed by atoms with Crippen molar-refractivity contribution in [1.82, 2.24) is 24.9 Å². The molecule has 1 saturated carbocycles. The van der Waals surface area contributed by atoms with Gasteiger partial charge in [0, 0.05) is 19.2 Å². The zero-order valence-electron chi connectivity index (χ0n) is 13.5. The molecule has 0 spiro atoms. The fourth-order valence-corrected chi connectivity index (χ4v) is 3.13. The Morgan fingerprint density at radius 3 is 2.70 bits per heavy atom. The van der Waals surface area contributed by atoms with Crippen molar-refractivity contribution in [3.8, 4) is 5.82 Å². The number of carbonyl (C=O) groups is 1. The summed E-state index contributed by atoms with van der Waals surface area (Å²) in [6.45, 7) is 1.84. The Labute approximate surface area is 134 Å². The molecular weight excluding hydrogens is 294 g/mol. The van der Waals surface area contributed by atoms with Gasteiger partial charge in [0.25, 0.3) is 11.5 Å². The molecule has 0 radical (unpaired) electrons. The first-order valence-corrected chi connectivity index (χ1v) is 7.96. The third-order valence-corrected chi connectivity index (χ3v) is 4.56. The highest BCUT2D eigenvalue weighted by atomic mass is 16.2. The number of hydrogen-bond acceptors (Lipinski definition) is 4. The molecule has 122 valence electrons. The zero-order valence-corrected chi connectivity index (χ0v) is 13.5. The lowest BCUT2D eigenvalue weighted by molar-refractivity contribution is 0.0695. The van der Waals surface area contributed by atoms with E-state index in [0.717, 1.165) is 18.5 Å². The molecule has 0 saturated heterocycles. The Kier molecular flexibility index (Phi) is 4.27. The summed E-state index contributed by atoms with van der Waals surface area (Å²) in [7, 11) is 1.87. The van der Waals surface area contributed by atoms with Crippen LogP contribution in [0.4, 0.5) is 0 Å². The van der Waals surface area contributed by atoms with E-state index in [0.29, 0.717) is 17.4 Å². The molecule has 7 heteroatoms. The van der Waals surface area contributed by atoms with Gasteiger partial charge in [-0.05, 0) is 25.8 Å². The topological polar surface area (TPSA) is 83.9 Å². The molecule has 2 aromatic rings. The van der Waals surface area contributed by atoms with Gasteiger partial charge in [0.2, 0.25) is 0 Å². The van der Waals surface area contributed by atoms with Gasteiger partial charge in [-0.3, -0.25) is 9.59 Å². The largest absolute Gasteiger partial charge is 0.339 e. The van der Waals surface area contributed by atoms with E-state index in [2.05, 4.69) is 15.3 Å². The molecule has 0 aliphatic heterocycles. The number of rotatable bonds is 3. The third kappa shape index (κ3) is 3.04. The minimum absolute atomic E-state index is 0.00919. The Morgan fingerprint density at radius 1 is 1.30 bits per heavy atom. The van der Waals surface area contributed by atoms with Crippen molar-refractivity contribution in [3.05, 3.63) is 39.9 Å². The lowest BCUT2D eigenvalue weighted by Gasteiger charge is -2.31. The highest BCUT2D eigenvalue weighted by molar-refractivity contribution is 5.95. The minimum Gasteiger partial charge on any atom is -0.339 e. The Bertz CT molecular complexity index is 738. The van der Waals surface area contributed by atoms with Gasteiger partial charge in [-0.1, -0.05) is 19.3 Å². The molecule has 0 unspecified atom stereocenters. The average Bonchev–Trinajstić information content (AvgIpc) is 2.96. The van der Waals surface area contributed by atoms with E-state index in [9.17, 15) is 9.59 Å². The molecule has 0 aromatic carbocycles. The van der Waals surface area contributed by atoms with Gasteiger partial charge >= 0.3 is 0 Å². The number of aromatic nitrogens is 4. The number of carbonyl (C=O) groups excluding carboxylic acids is 1. The van der Waals surface area contributed by atoms with Crippen molar-refractivity contribution in [1.29, 1.82) is 0 Å². The minimum atomic E-state index is -0.271. The normalized spacial score (nSPS) is 15.6. The average molecular weight is 315 g/mol. The van der Waals surface area contributed by atoms with Gasteiger partial charge in [-0.15, -0.1) is 0 Å². The monoisotopic (exact) mass is 315 g/mol. The van der Waals surface area contributed by atoms with Gasteiger partial charge < -0.3 is 4.90 Å². The number of nitrogens with zero attached hydrogens (tertiary/aromatic N) is 4. The second-order valence-corrected chi connectivity index (χ2v) is 6.04. The summed E-state index contributed by atoms with van der Waals surface area (Å²) in [5, 5.41) is 10.6. The smallest absolute Gasteiger partial charge is 0.264 e. The molecule has 3 rings (SSSR count). The molecule has 0 bridgehead atoms. The summed E-state index contributed by atoms with van der Waals surface area (Å²) in [5.74, 6) is 0.478. The van der Waals surface area contributed by atoms with E-state index in [4.69, 9.17) is 0 Å². The van der Waals surface area contributed by atoms with E-state index < -0.39 is 0 Å². The molecule has 1 amide bonds. The summed E-state index contributed by atoms with van der Waals surface area (Å²) in [4.78, 5) is 25.7. The molecule has 2 heterocycles. The number of amides is 1. The molecule has 2 aromatic heterocycles. The van der Waals surface area contributed by atoms with Crippen LogP contribution in [0.15, 0.2) is 23.1 Å². The fraction of sp³-hybridized carbons (Fsp3) is 0.500. The summed E-state index contributed by atoms with van der Waals surface area (Å²) >= 11 is 0. The Morgan fingerprint density at radius 2 is 2.04 bits per heavy atom. The van der Waals surface area contributed by atoms with Crippen molar-refractivity contribution in [2.45, 2.75) is 45.1 Å². The van der Waals surface area contributed by atoms with Crippen LogP contribution < -0.4 is 5.56 Å². The van der Waals surface area contributed by atoms with Crippen molar-refractivity contribution in [2.75, 3.05) is 7.05 Å². The summed E-state index contributed by atoms with van der Waals surface area (Å²) in [6.07, 6.45) is 7.33. The molecule has 1 N–H and O–H groups in total. The van der Waals surface area contributed by atoms with E-state index in [-0.39, 0.29) is 11.5 Å². The second-order valence-electron chi connectivity index (χ2n) is 6.04. The van der Waals surface area contributed by atoms with Gasteiger partial charge in [0.1, 0.15) is 0 Å². The maximum Gasteiger partial charge on any atom is 0.264 e. The van der Waals surface area contributed by atoms with Crippen LogP contribution >= 0.6 is 0 Å². The lowest BCUT2D eigenvalue weighted by atomic mass is 9.94. The van der Waals surface area contributed by atoms with Crippen molar-refractivity contribution >= 4 is 5.91 Å². The fourth-order valence-electron chi connectivity index (χ4n) is 3.13. The highest BCUT2D eigenvalue weighted by Crippen LogP contribution is 2.23. The summed E-state index contributed by atoms with van der Waals surface area (Å²) < 4.78 is 1.57. The van der Waals surface area contributed by atoms with Gasteiger partial charge in [-0.2, -0.15) is 10.2 Å². The standard InChI is InChI=1S/C16H21N5O2/c1-11-13(16(23)20(2)12-6-4-3-5-7-12)10-17-21(11)14-8-9-15(22)19-18-14/h8-10,12H,3-7H2,1-2H3,(H,19,22). The van der Waals surface area contributed by atoms with Crippen LogP contribution in [0.1, 0.15) is 48.2 Å². The SMILES string of the molecule is Cc1c(C(=O)N(C)C2CCCCC2)cnn1-c1ccc(=O)[nH]n1. The van der Waals surface area contributed by atoms with E-state index >= 15 is 0 Å². The van der Waals surface area contributed by atoms with E-state index in [1.165, 1.54) is 25.3 Å². The van der Waals surface area contributed by atoms with Crippen molar-refractivity contribution < 1.29 is 4.79 Å². The summed E-state index contributed by atoms with van der Waals surface area (Å²) in [5.41, 5.74) is 1.02. The maximum absolute atomic E-state index is 12.8. The molecule has 1 aliphatic carbocycles. The first kappa shape index (κ1) is 15.5. The quantitative estimate of drug-likeness (QED) is 0.934. The van der Waals surface area contributed by atoms with Crippen LogP contribution in [0.3, 0.4) is 0 Å². The predicted octanol–water partition coefficient (Wildman–Crippen LogP) is 1.67. The first-order valence-electron chi connectivity index (χ1n) is 7.96. The number of aromatic amines is 1. The van der Waals surface area contributed by atoms with Crippen LogP contribution in [-0.2, 0) is 0 Å². The first-order chi connectivity index (χ1) is 11.1. The Balaban J connectivity index is 1.84. The van der Waals surface area contributed by atoms with Gasteiger partial charge in [0.15, 0.2) is 5.82 Å². The van der Waals surface area contributed by atoms with E-state index in [1.807, 2.05) is 18.9 Å². The second kappa shape index (κ2) is 6.36. The molecule has 1 aliphatic rings. The lowest BCUT2D eigenvalue weighted by Crippen LogP contribution is -2.38. The summed E-state index contributed by atoms with van der Waals surface area (Å²) in [6, 6.07) is 3.28. The Hall–Kier alpha value is -2.44. The van der Waals surface area contributed by atoms with Crippen LogP contribution in [0.5, 0.6) is 0 Å². The highest BCUT2D eigenvalue weighted by Gasteiger charge is 2.25. The molecule has 23 heavy (non-hydrogen) atoms. The van der Waals surface area contributed by atoms with Crippen LogP contribution in [-0.4, -0.2) is 43.9 Å². The van der Waals surface area contributed by atoms with Crippen molar-refractivity contribution in [2.24, 2.45) is 0 Å². The number of nitrogens with one attached hydrogen (secondary N) is 1. The van der Waals surface area contributed by atoms with Crippen LogP contribution in [0.25, 0.3) is 5.82 Å². The molecule has 0 atom stereocenters. The molecule has 1 fully saturated rings. The van der Waals surface area contributed by atoms with Crippen molar-refractivity contribution in [3.63, 3.8) is 0 Å². The van der Waals surface area contributed by atoms with E-state index in [1.54, 1.807) is 16.9 Å². The van der Waals surface area contributed by atoms with Crippen LogP contribution in [0.2, 0.25) is 0 Å². The number of hydrogen-bond donors (Lipinski definition) is 1. The molecule has 7 nitrogen and oxygen atoms in total. The number of H-pyrrole nitrogens is 1. The third-order valence-electron chi connectivity index (χ3n) is 4.56. The molecular formula is C16H21N5O2.